The van der Waals surface area contributed by atoms with E-state index in [4.69, 9.17) is 0 Å². The van der Waals surface area contributed by atoms with Gasteiger partial charge in [0.1, 0.15) is 0 Å². The van der Waals surface area contributed by atoms with Gasteiger partial charge in [-0.15, -0.1) is 0 Å². The summed E-state index contributed by atoms with van der Waals surface area (Å²) in [5, 5.41) is 14.6. The molecule has 5 heteroatoms. The number of nitro groups is 1. The predicted molar refractivity (Wildman–Crippen MR) is 82.1 cm³/mol. The van der Waals surface area contributed by atoms with E-state index in [2.05, 4.69) is 17.2 Å². The number of aromatic nitrogens is 1. The number of hydrogen-bond acceptors (Lipinski definition) is 4. The molecule has 0 aliphatic rings. The molecule has 0 fully saturated rings. The van der Waals surface area contributed by atoms with Crippen LogP contribution in [0.1, 0.15) is 30.5 Å². The molecular weight excluding hydrogens is 266 g/mol. The molecule has 0 amide bonds. The topological polar surface area (TPSA) is 68.1 Å². The van der Waals surface area contributed by atoms with Crippen LogP contribution in [0.5, 0.6) is 0 Å². The SMILES string of the molecule is CCCNC(Cc1ccccc1[N+](=O)[O-])c1ccncc1. The Bertz CT molecular complexity index is 587. The lowest BCUT2D eigenvalue weighted by Gasteiger charge is -2.19. The highest BCUT2D eigenvalue weighted by Gasteiger charge is 2.18. The van der Waals surface area contributed by atoms with Crippen molar-refractivity contribution in [3.63, 3.8) is 0 Å². The molecule has 2 rings (SSSR count). The Morgan fingerprint density at radius 2 is 1.95 bits per heavy atom. The van der Waals surface area contributed by atoms with E-state index >= 15 is 0 Å². The van der Waals surface area contributed by atoms with Crippen LogP contribution in [0.2, 0.25) is 0 Å². The molecule has 2 aromatic rings. The van der Waals surface area contributed by atoms with Crippen molar-refractivity contribution in [1.82, 2.24) is 10.3 Å². The lowest BCUT2D eigenvalue weighted by molar-refractivity contribution is -0.385. The van der Waals surface area contributed by atoms with Crippen LogP contribution >= 0.6 is 0 Å². The number of nitro benzene ring substituents is 1. The van der Waals surface area contributed by atoms with Crippen LogP contribution in [0.15, 0.2) is 48.8 Å². The predicted octanol–water partition coefficient (Wildman–Crippen LogP) is 3.27. The lowest BCUT2D eigenvalue weighted by atomic mass is 9.98. The summed E-state index contributed by atoms with van der Waals surface area (Å²) in [6.07, 6.45) is 5.09. The molecule has 0 bridgehead atoms. The van der Waals surface area contributed by atoms with Gasteiger partial charge in [-0.1, -0.05) is 25.1 Å². The Kier molecular flexibility index (Phi) is 5.40. The molecule has 1 atom stereocenters. The van der Waals surface area contributed by atoms with Crippen LogP contribution in [0.3, 0.4) is 0 Å². The van der Waals surface area contributed by atoms with Crippen LogP contribution < -0.4 is 5.32 Å². The first-order valence-corrected chi connectivity index (χ1v) is 7.08. The highest BCUT2D eigenvalue weighted by Crippen LogP contribution is 2.24. The third kappa shape index (κ3) is 4.10. The van der Waals surface area contributed by atoms with E-state index < -0.39 is 0 Å². The second-order valence-corrected chi connectivity index (χ2v) is 4.88. The summed E-state index contributed by atoms with van der Waals surface area (Å²) in [5.74, 6) is 0. The van der Waals surface area contributed by atoms with Crippen molar-refractivity contribution in [3.8, 4) is 0 Å². The quantitative estimate of drug-likeness (QED) is 0.626. The van der Waals surface area contributed by atoms with Crippen molar-refractivity contribution >= 4 is 5.69 Å². The van der Waals surface area contributed by atoms with Gasteiger partial charge in [0.05, 0.1) is 4.92 Å². The monoisotopic (exact) mass is 285 g/mol. The maximum atomic E-state index is 11.1. The zero-order valence-corrected chi connectivity index (χ0v) is 12.0. The van der Waals surface area contributed by atoms with Crippen molar-refractivity contribution in [2.75, 3.05) is 6.54 Å². The Morgan fingerprint density at radius 3 is 2.62 bits per heavy atom. The summed E-state index contributed by atoms with van der Waals surface area (Å²) in [6.45, 7) is 2.97. The van der Waals surface area contributed by atoms with E-state index in [9.17, 15) is 10.1 Å². The second-order valence-electron chi connectivity index (χ2n) is 4.88. The lowest BCUT2D eigenvalue weighted by Crippen LogP contribution is -2.24. The Morgan fingerprint density at radius 1 is 1.24 bits per heavy atom. The van der Waals surface area contributed by atoms with Crippen LogP contribution in [-0.4, -0.2) is 16.5 Å². The molecule has 110 valence electrons. The normalized spacial score (nSPS) is 12.0. The van der Waals surface area contributed by atoms with Crippen LogP contribution in [0, 0.1) is 10.1 Å². The molecule has 0 spiro atoms. The zero-order valence-electron chi connectivity index (χ0n) is 12.0. The van der Waals surface area contributed by atoms with Gasteiger partial charge in [0.15, 0.2) is 0 Å². The first kappa shape index (κ1) is 15.1. The van der Waals surface area contributed by atoms with E-state index in [1.165, 1.54) is 0 Å². The number of hydrogen-bond donors (Lipinski definition) is 1. The van der Waals surface area contributed by atoms with E-state index in [1.54, 1.807) is 24.5 Å². The van der Waals surface area contributed by atoms with Gasteiger partial charge < -0.3 is 5.32 Å². The summed E-state index contributed by atoms with van der Waals surface area (Å²) in [4.78, 5) is 14.8. The minimum atomic E-state index is -0.321. The number of pyridine rings is 1. The van der Waals surface area contributed by atoms with Gasteiger partial charge >= 0.3 is 0 Å². The molecule has 1 aromatic carbocycles. The first-order valence-electron chi connectivity index (χ1n) is 7.08. The van der Waals surface area contributed by atoms with Crippen molar-refractivity contribution in [1.29, 1.82) is 0 Å². The molecule has 0 aliphatic carbocycles. The van der Waals surface area contributed by atoms with Crippen LogP contribution in [0.25, 0.3) is 0 Å². The zero-order chi connectivity index (χ0) is 15.1. The van der Waals surface area contributed by atoms with E-state index in [1.807, 2.05) is 24.3 Å². The fourth-order valence-corrected chi connectivity index (χ4v) is 2.30. The first-order chi connectivity index (χ1) is 10.2. The maximum Gasteiger partial charge on any atom is 0.272 e. The van der Waals surface area contributed by atoms with Gasteiger partial charge in [-0.05, 0) is 37.1 Å². The summed E-state index contributed by atoms with van der Waals surface area (Å²) >= 11 is 0. The van der Waals surface area contributed by atoms with Gasteiger partial charge in [-0.3, -0.25) is 15.1 Å². The summed E-state index contributed by atoms with van der Waals surface area (Å²) < 4.78 is 0. The minimum Gasteiger partial charge on any atom is -0.310 e. The molecule has 0 saturated carbocycles. The number of para-hydroxylation sites is 1. The van der Waals surface area contributed by atoms with Gasteiger partial charge in [-0.25, -0.2) is 0 Å². The average Bonchev–Trinajstić information content (AvgIpc) is 2.52. The van der Waals surface area contributed by atoms with E-state index in [-0.39, 0.29) is 16.7 Å². The number of nitrogens with zero attached hydrogens (tertiary/aromatic N) is 2. The van der Waals surface area contributed by atoms with E-state index in [0.717, 1.165) is 24.1 Å². The third-order valence-electron chi connectivity index (χ3n) is 3.36. The van der Waals surface area contributed by atoms with Crippen LogP contribution in [0.4, 0.5) is 5.69 Å². The Hall–Kier alpha value is -2.27. The number of benzene rings is 1. The van der Waals surface area contributed by atoms with Crippen molar-refractivity contribution in [2.45, 2.75) is 25.8 Å². The van der Waals surface area contributed by atoms with Gasteiger partial charge in [0.25, 0.3) is 5.69 Å². The second kappa shape index (κ2) is 7.50. The molecule has 5 nitrogen and oxygen atoms in total. The largest absolute Gasteiger partial charge is 0.310 e. The molecule has 0 radical (unpaired) electrons. The van der Waals surface area contributed by atoms with Gasteiger partial charge in [0.2, 0.25) is 0 Å². The molecule has 1 aromatic heterocycles. The third-order valence-corrected chi connectivity index (χ3v) is 3.36. The summed E-state index contributed by atoms with van der Waals surface area (Å²) in [7, 11) is 0. The fourth-order valence-electron chi connectivity index (χ4n) is 2.30. The molecule has 1 unspecified atom stereocenters. The summed E-state index contributed by atoms with van der Waals surface area (Å²) in [6, 6.07) is 10.9. The molecule has 1 N–H and O–H groups in total. The maximum absolute atomic E-state index is 11.1. The number of nitrogens with one attached hydrogen (secondary N) is 1. The summed E-state index contributed by atoms with van der Waals surface area (Å²) in [5.41, 5.74) is 2.01. The minimum absolute atomic E-state index is 0.0500. The van der Waals surface area contributed by atoms with Crippen molar-refractivity contribution in [2.24, 2.45) is 0 Å². The fraction of sp³-hybridized carbons (Fsp3) is 0.312. The number of rotatable bonds is 7. The standard InChI is InChI=1S/C16H19N3O2/c1-2-9-18-15(13-7-10-17-11-8-13)12-14-5-3-4-6-16(14)19(20)21/h3-8,10-11,15,18H,2,9,12H2,1H3. The molecule has 1 heterocycles. The van der Waals surface area contributed by atoms with Crippen LogP contribution in [-0.2, 0) is 6.42 Å². The van der Waals surface area contributed by atoms with E-state index in [0.29, 0.717) is 6.42 Å². The molecule has 0 aliphatic heterocycles. The molecule has 21 heavy (non-hydrogen) atoms. The molecular formula is C16H19N3O2. The van der Waals surface area contributed by atoms with Crippen molar-refractivity contribution < 1.29 is 4.92 Å². The Balaban J connectivity index is 2.25. The van der Waals surface area contributed by atoms with Crippen molar-refractivity contribution in [3.05, 3.63) is 70.0 Å². The molecule has 0 saturated heterocycles. The smallest absolute Gasteiger partial charge is 0.272 e. The Labute approximate surface area is 124 Å². The highest BCUT2D eigenvalue weighted by molar-refractivity contribution is 5.41. The average molecular weight is 285 g/mol. The highest BCUT2D eigenvalue weighted by atomic mass is 16.6. The van der Waals surface area contributed by atoms with Gasteiger partial charge in [0, 0.05) is 30.1 Å². The van der Waals surface area contributed by atoms with Gasteiger partial charge in [-0.2, -0.15) is 0 Å².